The minimum absolute atomic E-state index is 0.402. The summed E-state index contributed by atoms with van der Waals surface area (Å²) in [6, 6.07) is 6.55. The Hall–Kier alpha value is -1.22. The molecular formula is C15H23NO2. The summed E-state index contributed by atoms with van der Waals surface area (Å²) in [5, 5.41) is 3.58. The Balaban J connectivity index is 2.12. The third-order valence-corrected chi connectivity index (χ3v) is 3.13. The van der Waals surface area contributed by atoms with Crippen LogP contribution in [0.2, 0.25) is 0 Å². The number of ether oxygens (including phenoxy) is 2. The lowest BCUT2D eigenvalue weighted by Gasteiger charge is -2.27. The molecule has 0 amide bonds. The molecule has 3 heteroatoms. The van der Waals surface area contributed by atoms with E-state index in [1.165, 1.54) is 5.56 Å². The summed E-state index contributed by atoms with van der Waals surface area (Å²) < 4.78 is 11.4. The molecule has 1 aliphatic heterocycles. The van der Waals surface area contributed by atoms with Crippen molar-refractivity contribution in [1.29, 1.82) is 0 Å². The first kappa shape index (κ1) is 13.2. The lowest BCUT2D eigenvalue weighted by molar-refractivity contribution is 0.250. The Labute approximate surface area is 109 Å². The van der Waals surface area contributed by atoms with Gasteiger partial charge in [-0.3, -0.25) is 0 Å². The molecule has 1 aromatic carbocycles. The molecule has 0 aliphatic carbocycles. The highest BCUT2D eigenvalue weighted by Crippen LogP contribution is 2.34. The molecule has 3 nitrogen and oxygen atoms in total. The predicted octanol–water partition coefficient (Wildman–Crippen LogP) is 3.30. The average molecular weight is 249 g/mol. The van der Waals surface area contributed by atoms with Crippen LogP contribution in [-0.2, 0) is 0 Å². The quantitative estimate of drug-likeness (QED) is 0.839. The van der Waals surface area contributed by atoms with Crippen LogP contribution in [0.1, 0.15) is 44.7 Å². The van der Waals surface area contributed by atoms with Crippen molar-refractivity contribution in [3.8, 4) is 11.5 Å². The van der Waals surface area contributed by atoms with Crippen LogP contribution in [0.3, 0.4) is 0 Å². The molecule has 0 radical (unpaired) electrons. The van der Waals surface area contributed by atoms with E-state index in [1.54, 1.807) is 0 Å². The highest BCUT2D eigenvalue weighted by atomic mass is 16.5. The minimum Gasteiger partial charge on any atom is -0.494 e. The Morgan fingerprint density at radius 2 is 2.22 bits per heavy atom. The third-order valence-electron chi connectivity index (χ3n) is 3.13. The fourth-order valence-corrected chi connectivity index (χ4v) is 2.21. The second-order valence-corrected chi connectivity index (χ2v) is 4.69. The zero-order chi connectivity index (χ0) is 12.8. The second-order valence-electron chi connectivity index (χ2n) is 4.69. The van der Waals surface area contributed by atoms with E-state index in [9.17, 15) is 0 Å². The molecule has 0 bridgehead atoms. The van der Waals surface area contributed by atoms with Gasteiger partial charge in [0, 0.05) is 18.0 Å². The minimum atomic E-state index is 0.402. The van der Waals surface area contributed by atoms with Crippen molar-refractivity contribution < 1.29 is 9.47 Å². The monoisotopic (exact) mass is 249 g/mol. The Morgan fingerprint density at radius 3 is 3.00 bits per heavy atom. The van der Waals surface area contributed by atoms with Gasteiger partial charge in [0.15, 0.2) is 0 Å². The van der Waals surface area contributed by atoms with Crippen molar-refractivity contribution >= 4 is 0 Å². The van der Waals surface area contributed by atoms with Gasteiger partial charge in [0.25, 0.3) is 0 Å². The van der Waals surface area contributed by atoms with Gasteiger partial charge in [0.05, 0.1) is 13.2 Å². The summed E-state index contributed by atoms with van der Waals surface area (Å²) >= 11 is 0. The van der Waals surface area contributed by atoms with Gasteiger partial charge in [0.2, 0.25) is 0 Å². The molecule has 1 N–H and O–H groups in total. The largest absolute Gasteiger partial charge is 0.494 e. The van der Waals surface area contributed by atoms with Crippen molar-refractivity contribution in [3.05, 3.63) is 23.8 Å². The summed E-state index contributed by atoms with van der Waals surface area (Å²) in [4.78, 5) is 0. The van der Waals surface area contributed by atoms with Gasteiger partial charge in [-0.1, -0.05) is 13.8 Å². The Bertz CT molecular complexity index is 379. The highest BCUT2D eigenvalue weighted by Gasteiger charge is 2.21. The molecule has 0 spiro atoms. The van der Waals surface area contributed by atoms with Gasteiger partial charge in [-0.25, -0.2) is 0 Å². The molecule has 2 rings (SSSR count). The van der Waals surface area contributed by atoms with E-state index in [0.717, 1.165) is 50.5 Å². The lowest BCUT2D eigenvalue weighted by Crippen LogP contribution is -2.27. The Kier molecular flexibility index (Phi) is 4.88. The van der Waals surface area contributed by atoms with Crippen LogP contribution in [0.5, 0.6) is 11.5 Å². The SMILES string of the molecule is CCCNC1CCOc2ccc(OCCC)cc21. The van der Waals surface area contributed by atoms with Gasteiger partial charge in [-0.15, -0.1) is 0 Å². The predicted molar refractivity (Wildman–Crippen MR) is 73.4 cm³/mol. The van der Waals surface area contributed by atoms with Crippen LogP contribution >= 0.6 is 0 Å². The van der Waals surface area contributed by atoms with Gasteiger partial charge in [0.1, 0.15) is 11.5 Å². The standard InChI is InChI=1S/C15H23NO2/c1-3-8-16-14-7-10-18-15-6-5-12(11-13(14)15)17-9-4-2/h5-6,11,14,16H,3-4,7-10H2,1-2H3. The molecular weight excluding hydrogens is 226 g/mol. The van der Waals surface area contributed by atoms with Crippen LogP contribution in [-0.4, -0.2) is 19.8 Å². The summed E-state index contributed by atoms with van der Waals surface area (Å²) in [6.07, 6.45) is 3.22. The molecule has 0 saturated heterocycles. The van der Waals surface area contributed by atoms with Gasteiger partial charge in [-0.05, 0) is 37.6 Å². The number of nitrogens with one attached hydrogen (secondary N) is 1. The zero-order valence-electron chi connectivity index (χ0n) is 11.4. The van der Waals surface area contributed by atoms with E-state index in [1.807, 2.05) is 12.1 Å². The Morgan fingerprint density at radius 1 is 1.33 bits per heavy atom. The highest BCUT2D eigenvalue weighted by molar-refractivity contribution is 5.43. The maximum atomic E-state index is 5.70. The fraction of sp³-hybridized carbons (Fsp3) is 0.600. The summed E-state index contributed by atoms with van der Waals surface area (Å²) in [7, 11) is 0. The summed E-state index contributed by atoms with van der Waals surface area (Å²) in [5.41, 5.74) is 1.24. The normalized spacial score (nSPS) is 18.0. The molecule has 1 unspecified atom stereocenters. The number of benzene rings is 1. The maximum absolute atomic E-state index is 5.70. The number of hydrogen-bond donors (Lipinski definition) is 1. The zero-order valence-corrected chi connectivity index (χ0v) is 11.4. The van der Waals surface area contributed by atoms with Crippen molar-refractivity contribution in [2.75, 3.05) is 19.8 Å². The number of hydrogen-bond acceptors (Lipinski definition) is 3. The lowest BCUT2D eigenvalue weighted by atomic mass is 10.00. The van der Waals surface area contributed by atoms with E-state index < -0.39 is 0 Å². The van der Waals surface area contributed by atoms with Gasteiger partial charge < -0.3 is 14.8 Å². The molecule has 100 valence electrons. The first-order valence-corrected chi connectivity index (χ1v) is 6.98. The van der Waals surface area contributed by atoms with Crippen molar-refractivity contribution in [3.63, 3.8) is 0 Å². The molecule has 0 saturated carbocycles. The van der Waals surface area contributed by atoms with E-state index in [2.05, 4.69) is 25.2 Å². The first-order chi connectivity index (χ1) is 8.85. The van der Waals surface area contributed by atoms with E-state index in [4.69, 9.17) is 9.47 Å². The molecule has 1 heterocycles. The number of rotatable bonds is 6. The van der Waals surface area contributed by atoms with Crippen LogP contribution in [0.15, 0.2) is 18.2 Å². The van der Waals surface area contributed by atoms with Crippen LogP contribution in [0, 0.1) is 0 Å². The average Bonchev–Trinajstić information content (AvgIpc) is 2.42. The van der Waals surface area contributed by atoms with Crippen molar-refractivity contribution in [1.82, 2.24) is 5.32 Å². The molecule has 1 atom stereocenters. The third kappa shape index (κ3) is 3.16. The molecule has 1 aliphatic rings. The smallest absolute Gasteiger partial charge is 0.124 e. The first-order valence-electron chi connectivity index (χ1n) is 6.98. The van der Waals surface area contributed by atoms with Gasteiger partial charge in [-0.2, -0.15) is 0 Å². The maximum Gasteiger partial charge on any atom is 0.124 e. The van der Waals surface area contributed by atoms with Gasteiger partial charge >= 0.3 is 0 Å². The molecule has 0 fully saturated rings. The topological polar surface area (TPSA) is 30.5 Å². The van der Waals surface area contributed by atoms with Crippen molar-refractivity contribution in [2.24, 2.45) is 0 Å². The molecule has 18 heavy (non-hydrogen) atoms. The summed E-state index contributed by atoms with van der Waals surface area (Å²) in [5.74, 6) is 1.95. The molecule has 1 aromatic rings. The van der Waals surface area contributed by atoms with E-state index in [-0.39, 0.29) is 0 Å². The van der Waals surface area contributed by atoms with E-state index >= 15 is 0 Å². The molecule has 0 aromatic heterocycles. The van der Waals surface area contributed by atoms with E-state index in [0.29, 0.717) is 6.04 Å². The second kappa shape index (κ2) is 6.64. The number of fused-ring (bicyclic) bond motifs is 1. The van der Waals surface area contributed by atoms with Crippen LogP contribution in [0.25, 0.3) is 0 Å². The van der Waals surface area contributed by atoms with Crippen LogP contribution < -0.4 is 14.8 Å². The van der Waals surface area contributed by atoms with Crippen LogP contribution in [0.4, 0.5) is 0 Å². The van der Waals surface area contributed by atoms with Crippen molar-refractivity contribution in [2.45, 2.75) is 39.2 Å². The summed E-state index contributed by atoms with van der Waals surface area (Å²) in [6.45, 7) is 6.92. The fourth-order valence-electron chi connectivity index (χ4n) is 2.21.